The van der Waals surface area contributed by atoms with E-state index in [1.54, 1.807) is 24.3 Å². The summed E-state index contributed by atoms with van der Waals surface area (Å²) in [4.78, 5) is 38.8. The first-order valence-corrected chi connectivity index (χ1v) is 10.4. The van der Waals surface area contributed by atoms with E-state index in [2.05, 4.69) is 5.32 Å². The number of amides is 2. The van der Waals surface area contributed by atoms with Gasteiger partial charge in [0.2, 0.25) is 5.91 Å². The first-order chi connectivity index (χ1) is 15.3. The minimum Gasteiger partial charge on any atom is -0.493 e. The van der Waals surface area contributed by atoms with Crippen molar-refractivity contribution in [3.05, 3.63) is 47.5 Å². The predicted molar refractivity (Wildman–Crippen MR) is 120 cm³/mol. The Labute approximate surface area is 187 Å². The highest BCUT2D eigenvalue weighted by Crippen LogP contribution is 2.33. The first-order valence-electron chi connectivity index (χ1n) is 10.4. The molecule has 0 bridgehead atoms. The molecule has 170 valence electrons. The van der Waals surface area contributed by atoms with Gasteiger partial charge in [-0.3, -0.25) is 19.3 Å². The van der Waals surface area contributed by atoms with E-state index in [-0.39, 0.29) is 37.4 Å². The number of fused-ring (bicyclic) bond motifs is 1. The lowest BCUT2D eigenvalue weighted by atomic mass is 10.1. The summed E-state index contributed by atoms with van der Waals surface area (Å²) in [5.74, 6) is 0.848. The molecule has 2 aromatic rings. The van der Waals surface area contributed by atoms with Crippen LogP contribution in [-0.2, 0) is 9.59 Å². The zero-order valence-corrected chi connectivity index (χ0v) is 18.8. The van der Waals surface area contributed by atoms with Crippen LogP contribution in [0, 0.1) is 12.8 Å². The number of anilines is 1. The summed E-state index contributed by atoms with van der Waals surface area (Å²) in [6.07, 6.45) is 0. The summed E-state index contributed by atoms with van der Waals surface area (Å²) < 4.78 is 16.4. The number of Topliss-reactive ketones (excluding diaryl/α,β-unsaturated/α-hetero) is 1. The van der Waals surface area contributed by atoms with Gasteiger partial charge >= 0.3 is 0 Å². The molecule has 2 amide bonds. The van der Waals surface area contributed by atoms with E-state index >= 15 is 0 Å². The Balaban J connectivity index is 1.74. The Morgan fingerprint density at radius 3 is 2.66 bits per heavy atom. The van der Waals surface area contributed by atoms with Crippen molar-refractivity contribution in [2.24, 2.45) is 5.92 Å². The Bertz CT molecular complexity index is 1020. The maximum Gasteiger partial charge on any atom is 0.265 e. The van der Waals surface area contributed by atoms with Gasteiger partial charge in [-0.05, 0) is 48.7 Å². The highest BCUT2D eigenvalue weighted by Gasteiger charge is 2.28. The molecule has 0 aromatic heterocycles. The number of carbonyl (C=O) groups excluding carboxylic acids is 3. The van der Waals surface area contributed by atoms with Gasteiger partial charge in [0, 0.05) is 12.1 Å². The maximum absolute atomic E-state index is 12.8. The van der Waals surface area contributed by atoms with Crippen LogP contribution in [0.25, 0.3) is 0 Å². The second-order valence-electron chi connectivity index (χ2n) is 8.02. The normalized spacial score (nSPS) is 12.8. The van der Waals surface area contributed by atoms with Crippen LogP contribution in [0.5, 0.6) is 17.2 Å². The molecule has 0 spiro atoms. The molecule has 8 heteroatoms. The van der Waals surface area contributed by atoms with E-state index in [9.17, 15) is 14.4 Å². The number of methoxy groups -OCH3 is 1. The van der Waals surface area contributed by atoms with Gasteiger partial charge in [0.25, 0.3) is 5.91 Å². The third kappa shape index (κ3) is 5.57. The largest absolute Gasteiger partial charge is 0.493 e. The van der Waals surface area contributed by atoms with Gasteiger partial charge in [0.15, 0.2) is 30.5 Å². The van der Waals surface area contributed by atoms with Crippen LogP contribution in [0.15, 0.2) is 36.4 Å². The van der Waals surface area contributed by atoms with Crippen molar-refractivity contribution < 1.29 is 28.6 Å². The molecule has 1 aliphatic rings. The summed E-state index contributed by atoms with van der Waals surface area (Å²) in [6.45, 7) is 5.92. The lowest BCUT2D eigenvalue weighted by molar-refractivity contribution is -0.125. The lowest BCUT2D eigenvalue weighted by Gasteiger charge is -2.29. The number of rotatable bonds is 9. The predicted octanol–water partition coefficient (Wildman–Crippen LogP) is 2.76. The number of nitrogens with zero attached hydrogens (tertiary/aromatic N) is 1. The third-order valence-corrected chi connectivity index (χ3v) is 4.91. The number of carbonyl (C=O) groups is 3. The molecule has 0 saturated carbocycles. The molecule has 0 atom stereocenters. The number of hydrogen-bond acceptors (Lipinski definition) is 6. The Kier molecular flexibility index (Phi) is 7.35. The van der Waals surface area contributed by atoms with Crippen LogP contribution in [0.2, 0.25) is 0 Å². The van der Waals surface area contributed by atoms with Crippen molar-refractivity contribution in [2.75, 3.05) is 38.3 Å². The van der Waals surface area contributed by atoms with Gasteiger partial charge in [-0.15, -0.1) is 0 Å². The summed E-state index contributed by atoms with van der Waals surface area (Å²) in [5.41, 5.74) is 1.75. The van der Waals surface area contributed by atoms with Crippen LogP contribution in [0.4, 0.5) is 5.69 Å². The molecule has 1 heterocycles. The average molecular weight is 440 g/mol. The number of ether oxygens (including phenoxy) is 3. The maximum atomic E-state index is 12.8. The minimum absolute atomic E-state index is 0.142. The first kappa shape index (κ1) is 23.1. The van der Waals surface area contributed by atoms with Gasteiger partial charge in [0.1, 0.15) is 12.3 Å². The van der Waals surface area contributed by atoms with Crippen molar-refractivity contribution >= 4 is 23.3 Å². The van der Waals surface area contributed by atoms with Crippen molar-refractivity contribution in [1.29, 1.82) is 0 Å². The monoisotopic (exact) mass is 440 g/mol. The highest BCUT2D eigenvalue weighted by atomic mass is 16.5. The second-order valence-corrected chi connectivity index (χ2v) is 8.02. The molecule has 32 heavy (non-hydrogen) atoms. The summed E-state index contributed by atoms with van der Waals surface area (Å²) in [6, 6.07) is 10.2. The van der Waals surface area contributed by atoms with E-state index < -0.39 is 0 Å². The minimum atomic E-state index is -0.345. The molecular weight excluding hydrogens is 412 g/mol. The topological polar surface area (TPSA) is 94.2 Å². The Morgan fingerprint density at radius 2 is 1.94 bits per heavy atom. The van der Waals surface area contributed by atoms with E-state index in [4.69, 9.17) is 14.2 Å². The molecule has 1 N–H and O–H groups in total. The summed E-state index contributed by atoms with van der Waals surface area (Å²) in [5, 5.41) is 2.80. The van der Waals surface area contributed by atoms with Crippen LogP contribution in [-0.4, -0.2) is 51.0 Å². The third-order valence-electron chi connectivity index (χ3n) is 4.91. The van der Waals surface area contributed by atoms with Gasteiger partial charge in [-0.2, -0.15) is 0 Å². The molecule has 0 aliphatic carbocycles. The van der Waals surface area contributed by atoms with Crippen LogP contribution in [0.3, 0.4) is 0 Å². The second kappa shape index (κ2) is 10.2. The van der Waals surface area contributed by atoms with Gasteiger partial charge in [-0.25, -0.2) is 0 Å². The van der Waals surface area contributed by atoms with E-state index in [1.807, 2.05) is 32.9 Å². The number of ketones is 1. The van der Waals surface area contributed by atoms with E-state index in [0.717, 1.165) is 5.56 Å². The van der Waals surface area contributed by atoms with Gasteiger partial charge < -0.3 is 19.5 Å². The van der Waals surface area contributed by atoms with Crippen molar-refractivity contribution in [3.63, 3.8) is 0 Å². The van der Waals surface area contributed by atoms with Crippen molar-refractivity contribution in [3.8, 4) is 17.2 Å². The molecule has 0 fully saturated rings. The fourth-order valence-corrected chi connectivity index (χ4v) is 3.19. The Morgan fingerprint density at radius 1 is 1.16 bits per heavy atom. The van der Waals surface area contributed by atoms with Crippen LogP contribution < -0.4 is 24.4 Å². The molecule has 0 unspecified atom stereocenters. The van der Waals surface area contributed by atoms with Gasteiger partial charge in [0.05, 0.1) is 12.8 Å². The van der Waals surface area contributed by atoms with Crippen LogP contribution in [0.1, 0.15) is 29.8 Å². The molecule has 1 aliphatic heterocycles. The molecule has 8 nitrogen and oxygen atoms in total. The summed E-state index contributed by atoms with van der Waals surface area (Å²) in [7, 11) is 1.54. The zero-order valence-electron chi connectivity index (χ0n) is 18.8. The van der Waals surface area contributed by atoms with Gasteiger partial charge in [-0.1, -0.05) is 19.9 Å². The highest BCUT2D eigenvalue weighted by molar-refractivity contribution is 6.04. The SMILES string of the molecule is COc1cc(C)ccc1OCC(=O)c1ccc2c(c1)N(CC(=O)NCC(C)C)C(=O)CO2. The fourth-order valence-electron chi connectivity index (χ4n) is 3.19. The number of aryl methyl sites for hydroxylation is 1. The van der Waals surface area contributed by atoms with E-state index in [0.29, 0.717) is 41.0 Å². The average Bonchev–Trinajstić information content (AvgIpc) is 2.78. The van der Waals surface area contributed by atoms with Crippen molar-refractivity contribution in [2.45, 2.75) is 20.8 Å². The number of nitrogens with one attached hydrogen (secondary N) is 1. The number of hydrogen-bond donors (Lipinski definition) is 1. The summed E-state index contributed by atoms with van der Waals surface area (Å²) >= 11 is 0. The molecule has 3 rings (SSSR count). The van der Waals surface area contributed by atoms with Crippen molar-refractivity contribution in [1.82, 2.24) is 5.32 Å². The molecular formula is C24H28N2O6. The lowest BCUT2D eigenvalue weighted by Crippen LogP contribution is -2.45. The smallest absolute Gasteiger partial charge is 0.265 e. The Hall–Kier alpha value is -3.55. The van der Waals surface area contributed by atoms with Crippen LogP contribution >= 0.6 is 0 Å². The number of benzene rings is 2. The quantitative estimate of drug-likeness (QED) is 0.603. The standard InChI is InChI=1S/C24H28N2O6/c1-15(2)11-25-23(28)12-26-18-10-17(6-8-20(18)32-14-24(26)29)19(27)13-31-21-7-5-16(3)9-22(21)30-4/h5-10,15H,11-14H2,1-4H3,(H,25,28). The van der Waals surface area contributed by atoms with E-state index in [1.165, 1.54) is 12.0 Å². The molecule has 2 aromatic carbocycles. The molecule has 0 radical (unpaired) electrons. The zero-order chi connectivity index (χ0) is 23.3. The molecule has 0 saturated heterocycles. The fraction of sp³-hybridized carbons (Fsp3) is 0.375.